The molecule has 0 aromatic heterocycles. The van der Waals surface area contributed by atoms with Gasteiger partial charge in [0.05, 0.1) is 6.54 Å². The minimum absolute atomic E-state index is 0.0161. The summed E-state index contributed by atoms with van der Waals surface area (Å²) >= 11 is 0. The van der Waals surface area contributed by atoms with Gasteiger partial charge in [0.1, 0.15) is 24.7 Å². The van der Waals surface area contributed by atoms with Gasteiger partial charge >= 0.3 is 11.9 Å². The van der Waals surface area contributed by atoms with Gasteiger partial charge in [-0.1, -0.05) is 30.3 Å². The lowest BCUT2D eigenvalue weighted by molar-refractivity contribution is -0.143. The number of hydrogen-bond donors (Lipinski definition) is 7. The predicted octanol–water partition coefficient (Wildman–Crippen LogP) is -1.25. The SMILES string of the molecule is NC(=O)CCC(NC(=O)CNC(=O)c1ccc2c(c1)C(=O)C(=O)c1ccccc1-2)C(=O)N1CCCC1C(=O)NC(CCC(=O)O)C(=O)NCC(=O)O. The van der Waals surface area contributed by atoms with Crippen molar-refractivity contribution in [3.63, 3.8) is 0 Å². The van der Waals surface area contributed by atoms with E-state index in [0.717, 1.165) is 4.90 Å². The van der Waals surface area contributed by atoms with Crippen molar-refractivity contribution in [1.82, 2.24) is 26.2 Å². The molecule has 2 aliphatic rings. The third kappa shape index (κ3) is 9.40. The molecule has 1 aliphatic carbocycles. The molecule has 1 aliphatic heterocycles. The number of nitrogens with zero attached hydrogens (tertiary/aromatic N) is 1. The molecule has 0 saturated carbocycles. The van der Waals surface area contributed by atoms with Gasteiger partial charge in [-0.25, -0.2) is 0 Å². The van der Waals surface area contributed by atoms with Gasteiger partial charge in [0.25, 0.3) is 5.91 Å². The summed E-state index contributed by atoms with van der Waals surface area (Å²) in [6.45, 7) is -1.38. The quantitative estimate of drug-likeness (QED) is 0.100. The van der Waals surface area contributed by atoms with Crippen LogP contribution < -0.4 is 27.0 Å². The van der Waals surface area contributed by atoms with E-state index in [-0.39, 0.29) is 48.9 Å². The lowest BCUT2D eigenvalue weighted by Crippen LogP contribution is -2.57. The summed E-state index contributed by atoms with van der Waals surface area (Å²) in [5.41, 5.74) is 6.54. The second kappa shape index (κ2) is 17.0. The van der Waals surface area contributed by atoms with Crippen molar-refractivity contribution in [2.24, 2.45) is 5.73 Å². The fourth-order valence-electron chi connectivity index (χ4n) is 5.91. The first-order chi connectivity index (χ1) is 24.7. The lowest BCUT2D eigenvalue weighted by Gasteiger charge is -2.29. The summed E-state index contributed by atoms with van der Waals surface area (Å²) in [6, 6.07) is 6.77. The van der Waals surface area contributed by atoms with Crippen LogP contribution in [0, 0.1) is 0 Å². The van der Waals surface area contributed by atoms with Gasteiger partial charge in [-0.2, -0.15) is 0 Å². The van der Waals surface area contributed by atoms with Crippen LogP contribution in [0.25, 0.3) is 11.1 Å². The smallest absolute Gasteiger partial charge is 0.322 e. The maximum atomic E-state index is 13.7. The molecular formula is C34H36N6O12. The molecule has 0 bridgehead atoms. The van der Waals surface area contributed by atoms with Crippen molar-refractivity contribution in [2.75, 3.05) is 19.6 Å². The van der Waals surface area contributed by atoms with Gasteiger partial charge < -0.3 is 42.1 Å². The maximum Gasteiger partial charge on any atom is 0.322 e. The molecule has 18 nitrogen and oxygen atoms in total. The molecule has 1 heterocycles. The Bertz CT molecular complexity index is 1840. The number of rotatable bonds is 16. The summed E-state index contributed by atoms with van der Waals surface area (Å²) < 4.78 is 0. The summed E-state index contributed by atoms with van der Waals surface area (Å²) in [5, 5.41) is 27.2. The number of carbonyl (C=O) groups excluding carboxylic acids is 8. The van der Waals surface area contributed by atoms with Crippen LogP contribution in [0.15, 0.2) is 42.5 Å². The zero-order chi connectivity index (χ0) is 38.1. The van der Waals surface area contributed by atoms with E-state index in [9.17, 15) is 47.9 Å². The van der Waals surface area contributed by atoms with Crippen molar-refractivity contribution in [1.29, 1.82) is 0 Å². The molecule has 52 heavy (non-hydrogen) atoms. The van der Waals surface area contributed by atoms with Crippen molar-refractivity contribution >= 4 is 58.9 Å². The third-order valence-electron chi connectivity index (χ3n) is 8.45. The number of primary amides is 1. The molecule has 4 rings (SSSR count). The normalized spacial score (nSPS) is 15.7. The first kappa shape index (κ1) is 38.3. The average Bonchev–Trinajstić information content (AvgIpc) is 3.61. The number of likely N-dealkylation sites (tertiary alicyclic amines) is 1. The number of aliphatic carboxylic acids is 2. The van der Waals surface area contributed by atoms with E-state index in [4.69, 9.17) is 15.9 Å². The number of carbonyl (C=O) groups is 10. The van der Waals surface area contributed by atoms with Gasteiger partial charge in [-0.15, -0.1) is 0 Å². The molecule has 6 amide bonds. The first-order valence-corrected chi connectivity index (χ1v) is 16.2. The van der Waals surface area contributed by atoms with Gasteiger partial charge in [-0.05, 0) is 48.9 Å². The summed E-state index contributed by atoms with van der Waals surface area (Å²) in [4.78, 5) is 125. The number of amides is 6. The Labute approximate surface area is 295 Å². The largest absolute Gasteiger partial charge is 0.481 e. The van der Waals surface area contributed by atoms with E-state index in [0.29, 0.717) is 17.5 Å². The molecule has 274 valence electrons. The minimum atomic E-state index is -1.43. The minimum Gasteiger partial charge on any atom is -0.481 e. The number of hydrogen-bond acceptors (Lipinski definition) is 10. The van der Waals surface area contributed by atoms with Crippen molar-refractivity contribution in [2.45, 2.75) is 56.7 Å². The van der Waals surface area contributed by atoms with Gasteiger partial charge in [0.15, 0.2) is 0 Å². The number of ketones is 2. The van der Waals surface area contributed by atoms with Crippen LogP contribution in [0.5, 0.6) is 0 Å². The van der Waals surface area contributed by atoms with Gasteiger partial charge in [0.2, 0.25) is 41.1 Å². The van der Waals surface area contributed by atoms with Crippen LogP contribution in [0.4, 0.5) is 0 Å². The molecule has 1 fully saturated rings. The lowest BCUT2D eigenvalue weighted by atomic mass is 9.83. The first-order valence-electron chi connectivity index (χ1n) is 16.2. The Hall–Kier alpha value is -6.46. The monoisotopic (exact) mass is 720 g/mol. The van der Waals surface area contributed by atoms with Crippen molar-refractivity contribution < 1.29 is 58.2 Å². The van der Waals surface area contributed by atoms with E-state index in [1.807, 2.05) is 0 Å². The molecular weight excluding hydrogens is 684 g/mol. The highest BCUT2D eigenvalue weighted by molar-refractivity contribution is 6.53. The summed E-state index contributed by atoms with van der Waals surface area (Å²) in [7, 11) is 0. The van der Waals surface area contributed by atoms with E-state index < -0.39 is 96.6 Å². The molecule has 2 aromatic rings. The van der Waals surface area contributed by atoms with Crippen LogP contribution >= 0.6 is 0 Å². The number of carboxylic acid groups (broad SMARTS) is 2. The predicted molar refractivity (Wildman–Crippen MR) is 177 cm³/mol. The van der Waals surface area contributed by atoms with E-state index in [2.05, 4.69) is 21.3 Å². The topological polar surface area (TPSA) is 289 Å². The molecule has 3 atom stereocenters. The summed E-state index contributed by atoms with van der Waals surface area (Å²) in [6.07, 6.45) is -1.03. The Balaban J connectivity index is 1.42. The number of Topliss-reactive ketones (excluding diaryl/α,β-unsaturated/α-hetero) is 2. The van der Waals surface area contributed by atoms with E-state index in [1.54, 1.807) is 18.2 Å². The van der Waals surface area contributed by atoms with Crippen molar-refractivity contribution in [3.8, 4) is 11.1 Å². The summed E-state index contributed by atoms with van der Waals surface area (Å²) in [5.74, 6) is -9.08. The molecule has 3 unspecified atom stereocenters. The van der Waals surface area contributed by atoms with E-state index >= 15 is 0 Å². The fourth-order valence-corrected chi connectivity index (χ4v) is 5.91. The van der Waals surface area contributed by atoms with Crippen molar-refractivity contribution in [3.05, 3.63) is 59.2 Å². The standard InChI is InChI=1S/C34H36N6O12/c35-25(41)11-9-23(34(52)40-13-3-6-24(40)33(51)39-22(10-12-27(43)44)32(50)37-16-28(45)46)38-26(42)15-36-31(49)17-7-8-19-18-4-1-2-5-20(18)29(47)30(48)21(19)14-17/h1-2,4-5,7-8,14,22-24H,3,6,9-13,15-16H2,(H2,35,41)(H,36,49)(H,37,50)(H,38,42)(H,39,51)(H,43,44)(H,45,46). The fraction of sp³-hybridized carbons (Fsp3) is 0.353. The second-order valence-electron chi connectivity index (χ2n) is 12.1. The molecule has 2 aromatic carbocycles. The number of nitrogens with two attached hydrogens (primary N) is 1. The molecule has 1 saturated heterocycles. The van der Waals surface area contributed by atoms with Gasteiger partial charge in [-0.3, -0.25) is 47.9 Å². The van der Waals surface area contributed by atoms with Crippen LogP contribution in [-0.4, -0.2) is 112 Å². The average molecular weight is 721 g/mol. The number of carboxylic acids is 2. The highest BCUT2D eigenvalue weighted by Crippen LogP contribution is 2.33. The number of nitrogens with one attached hydrogen (secondary N) is 4. The Morgan fingerprint density at radius 3 is 2.10 bits per heavy atom. The maximum absolute atomic E-state index is 13.7. The Morgan fingerprint density at radius 1 is 0.769 bits per heavy atom. The number of fused-ring (bicyclic) bond motifs is 3. The zero-order valence-electron chi connectivity index (χ0n) is 27.6. The van der Waals surface area contributed by atoms with Gasteiger partial charge in [0, 0.05) is 36.1 Å². The van der Waals surface area contributed by atoms with Crippen LogP contribution in [0.1, 0.15) is 69.6 Å². The second-order valence-corrected chi connectivity index (χ2v) is 12.1. The van der Waals surface area contributed by atoms with Crippen LogP contribution in [0.2, 0.25) is 0 Å². The van der Waals surface area contributed by atoms with Crippen LogP contribution in [-0.2, 0) is 33.6 Å². The highest BCUT2D eigenvalue weighted by Gasteiger charge is 2.39. The Morgan fingerprint density at radius 2 is 1.42 bits per heavy atom. The molecule has 0 radical (unpaired) electrons. The third-order valence-corrected chi connectivity index (χ3v) is 8.45. The van der Waals surface area contributed by atoms with E-state index in [1.165, 1.54) is 24.3 Å². The zero-order valence-corrected chi connectivity index (χ0v) is 27.6. The highest BCUT2D eigenvalue weighted by atomic mass is 16.4. The van der Waals surface area contributed by atoms with Crippen LogP contribution in [0.3, 0.4) is 0 Å². The molecule has 8 N–H and O–H groups in total. The molecule has 18 heteroatoms. The Kier molecular flexibility index (Phi) is 12.5. The molecule has 0 spiro atoms. The number of benzene rings is 2.